The van der Waals surface area contributed by atoms with Crippen LogP contribution in [-0.4, -0.2) is 46.5 Å². The third-order valence-corrected chi connectivity index (χ3v) is 5.37. The Balaban J connectivity index is 1.40. The molecule has 6 heteroatoms. The van der Waals surface area contributed by atoms with E-state index in [1.165, 1.54) is 5.56 Å². The van der Waals surface area contributed by atoms with E-state index in [2.05, 4.69) is 10.3 Å². The van der Waals surface area contributed by atoms with E-state index in [0.717, 1.165) is 48.8 Å². The van der Waals surface area contributed by atoms with Gasteiger partial charge in [-0.15, -0.1) is 0 Å². The first kappa shape index (κ1) is 17.9. The molecule has 0 radical (unpaired) electrons. The van der Waals surface area contributed by atoms with E-state index in [4.69, 9.17) is 9.72 Å². The lowest BCUT2D eigenvalue weighted by Crippen LogP contribution is -2.43. The van der Waals surface area contributed by atoms with Crippen LogP contribution in [0.25, 0.3) is 0 Å². The van der Waals surface area contributed by atoms with Crippen LogP contribution in [0.15, 0.2) is 30.5 Å². The maximum absolute atomic E-state index is 12.8. The topological polar surface area (TPSA) is 67.3 Å². The van der Waals surface area contributed by atoms with E-state index in [1.54, 1.807) is 0 Å². The number of amides is 1. The SMILES string of the molecule is Cc1ccc(OC(C)C(=O)N2CCc3nc(C4CCNC4)ncc3C2)cc1. The molecule has 1 amide bonds. The summed E-state index contributed by atoms with van der Waals surface area (Å²) in [5.74, 6) is 2.08. The molecule has 2 aromatic rings. The van der Waals surface area contributed by atoms with Gasteiger partial charge < -0.3 is 15.0 Å². The summed E-state index contributed by atoms with van der Waals surface area (Å²) in [6.07, 6.45) is 3.26. The van der Waals surface area contributed by atoms with Gasteiger partial charge in [-0.1, -0.05) is 17.7 Å². The molecule has 2 aliphatic heterocycles. The van der Waals surface area contributed by atoms with E-state index in [0.29, 0.717) is 19.0 Å². The van der Waals surface area contributed by atoms with Crippen LogP contribution in [0.3, 0.4) is 0 Å². The molecule has 3 heterocycles. The van der Waals surface area contributed by atoms with Crippen LogP contribution < -0.4 is 10.1 Å². The largest absolute Gasteiger partial charge is 0.481 e. The van der Waals surface area contributed by atoms with Crippen LogP contribution in [0.4, 0.5) is 0 Å². The van der Waals surface area contributed by atoms with Crippen molar-refractivity contribution in [3.8, 4) is 5.75 Å². The number of hydrogen-bond acceptors (Lipinski definition) is 5. The Morgan fingerprint density at radius 2 is 2.15 bits per heavy atom. The molecule has 0 bridgehead atoms. The van der Waals surface area contributed by atoms with Gasteiger partial charge in [0.25, 0.3) is 5.91 Å². The Morgan fingerprint density at radius 1 is 1.33 bits per heavy atom. The number of nitrogens with one attached hydrogen (secondary N) is 1. The summed E-state index contributed by atoms with van der Waals surface area (Å²) >= 11 is 0. The van der Waals surface area contributed by atoms with Gasteiger partial charge in [0.1, 0.15) is 11.6 Å². The predicted molar refractivity (Wildman–Crippen MR) is 103 cm³/mol. The number of rotatable bonds is 4. The maximum atomic E-state index is 12.8. The second kappa shape index (κ2) is 7.64. The lowest BCUT2D eigenvalue weighted by molar-refractivity contribution is -0.138. The quantitative estimate of drug-likeness (QED) is 0.899. The minimum absolute atomic E-state index is 0.00490. The fourth-order valence-electron chi connectivity index (χ4n) is 3.72. The van der Waals surface area contributed by atoms with E-state index in [-0.39, 0.29) is 5.91 Å². The standard InChI is InChI=1S/C21H26N4O2/c1-14-3-5-18(6-4-14)27-15(2)21(26)25-10-8-19-17(13-25)12-23-20(24-19)16-7-9-22-11-16/h3-6,12,15-16,22H,7-11,13H2,1-2H3. The second-order valence-electron chi connectivity index (χ2n) is 7.47. The highest BCUT2D eigenvalue weighted by molar-refractivity contribution is 5.81. The molecule has 2 atom stereocenters. The number of carbonyl (C=O) groups is 1. The number of nitrogens with zero attached hydrogens (tertiary/aromatic N) is 3. The first-order chi connectivity index (χ1) is 13.1. The number of hydrogen-bond donors (Lipinski definition) is 1. The average Bonchev–Trinajstić information content (AvgIpc) is 3.23. The zero-order chi connectivity index (χ0) is 18.8. The van der Waals surface area contributed by atoms with Crippen molar-refractivity contribution in [3.63, 3.8) is 0 Å². The normalized spacial score (nSPS) is 20.2. The Kier molecular flexibility index (Phi) is 5.07. The monoisotopic (exact) mass is 366 g/mol. The van der Waals surface area contributed by atoms with Gasteiger partial charge in [-0.3, -0.25) is 4.79 Å². The van der Waals surface area contributed by atoms with E-state index < -0.39 is 6.10 Å². The molecule has 1 fully saturated rings. The summed E-state index contributed by atoms with van der Waals surface area (Å²) in [7, 11) is 0. The van der Waals surface area contributed by atoms with Gasteiger partial charge >= 0.3 is 0 Å². The van der Waals surface area contributed by atoms with Gasteiger partial charge in [0, 0.05) is 43.7 Å². The first-order valence-corrected chi connectivity index (χ1v) is 9.67. The number of aromatic nitrogens is 2. The van der Waals surface area contributed by atoms with Crippen molar-refractivity contribution in [1.82, 2.24) is 20.2 Å². The predicted octanol–water partition coefficient (Wildman–Crippen LogP) is 2.21. The summed E-state index contributed by atoms with van der Waals surface area (Å²) in [6, 6.07) is 7.77. The third-order valence-electron chi connectivity index (χ3n) is 5.37. The van der Waals surface area contributed by atoms with Gasteiger partial charge in [0.2, 0.25) is 0 Å². The van der Waals surface area contributed by atoms with Crippen LogP contribution in [-0.2, 0) is 17.8 Å². The fourth-order valence-corrected chi connectivity index (χ4v) is 3.72. The molecule has 27 heavy (non-hydrogen) atoms. The maximum Gasteiger partial charge on any atom is 0.263 e. The molecule has 1 saturated heterocycles. The molecular weight excluding hydrogens is 340 g/mol. The fraction of sp³-hybridized carbons (Fsp3) is 0.476. The Morgan fingerprint density at radius 3 is 2.89 bits per heavy atom. The Bertz CT molecular complexity index is 815. The number of aryl methyl sites for hydroxylation is 1. The van der Waals surface area contributed by atoms with Gasteiger partial charge in [0.05, 0.1) is 5.69 Å². The Hall–Kier alpha value is -2.47. The molecule has 142 valence electrons. The highest BCUT2D eigenvalue weighted by atomic mass is 16.5. The molecule has 0 spiro atoms. The van der Waals surface area contributed by atoms with Crippen LogP contribution >= 0.6 is 0 Å². The summed E-state index contributed by atoms with van der Waals surface area (Å²) in [5, 5.41) is 3.36. The minimum atomic E-state index is -0.515. The van der Waals surface area contributed by atoms with Crippen molar-refractivity contribution in [2.45, 2.75) is 45.3 Å². The number of benzene rings is 1. The van der Waals surface area contributed by atoms with Crippen LogP contribution in [0.2, 0.25) is 0 Å². The van der Waals surface area contributed by atoms with Crippen LogP contribution in [0.1, 0.15) is 41.9 Å². The second-order valence-corrected chi connectivity index (χ2v) is 7.47. The number of fused-ring (bicyclic) bond motifs is 1. The van der Waals surface area contributed by atoms with Gasteiger partial charge in [0.15, 0.2) is 6.10 Å². The zero-order valence-electron chi connectivity index (χ0n) is 15.9. The third kappa shape index (κ3) is 3.95. The van der Waals surface area contributed by atoms with Gasteiger partial charge in [-0.2, -0.15) is 0 Å². The summed E-state index contributed by atoms with van der Waals surface area (Å²) in [4.78, 5) is 24.0. The summed E-state index contributed by atoms with van der Waals surface area (Å²) in [6.45, 7) is 7.06. The van der Waals surface area contributed by atoms with Gasteiger partial charge in [-0.25, -0.2) is 9.97 Å². The molecule has 2 unspecified atom stereocenters. The van der Waals surface area contributed by atoms with E-state index in [1.807, 2.05) is 49.2 Å². The minimum Gasteiger partial charge on any atom is -0.481 e. The van der Waals surface area contributed by atoms with Crippen molar-refractivity contribution in [1.29, 1.82) is 0 Å². The molecule has 2 aliphatic rings. The van der Waals surface area contributed by atoms with Crippen LogP contribution in [0.5, 0.6) is 5.75 Å². The van der Waals surface area contributed by atoms with Gasteiger partial charge in [-0.05, 0) is 38.9 Å². The smallest absolute Gasteiger partial charge is 0.263 e. The van der Waals surface area contributed by atoms with E-state index >= 15 is 0 Å². The van der Waals surface area contributed by atoms with Crippen molar-refractivity contribution >= 4 is 5.91 Å². The summed E-state index contributed by atoms with van der Waals surface area (Å²) < 4.78 is 5.83. The molecule has 6 nitrogen and oxygen atoms in total. The van der Waals surface area contributed by atoms with Crippen molar-refractivity contribution in [3.05, 3.63) is 53.1 Å². The number of ether oxygens (including phenoxy) is 1. The lowest BCUT2D eigenvalue weighted by Gasteiger charge is -2.30. The van der Waals surface area contributed by atoms with Crippen LogP contribution in [0, 0.1) is 6.92 Å². The highest BCUT2D eigenvalue weighted by Gasteiger charge is 2.28. The van der Waals surface area contributed by atoms with Crippen molar-refractivity contribution in [2.24, 2.45) is 0 Å². The molecule has 4 rings (SSSR count). The number of carbonyl (C=O) groups excluding carboxylic acids is 1. The highest BCUT2D eigenvalue weighted by Crippen LogP contribution is 2.23. The zero-order valence-corrected chi connectivity index (χ0v) is 15.9. The lowest BCUT2D eigenvalue weighted by atomic mass is 10.0. The van der Waals surface area contributed by atoms with Crippen molar-refractivity contribution < 1.29 is 9.53 Å². The molecule has 0 aliphatic carbocycles. The molecule has 1 aromatic carbocycles. The Labute approximate surface area is 160 Å². The first-order valence-electron chi connectivity index (χ1n) is 9.67. The molecule has 1 N–H and O–H groups in total. The summed E-state index contributed by atoms with van der Waals surface area (Å²) in [5.41, 5.74) is 3.30. The van der Waals surface area contributed by atoms with E-state index in [9.17, 15) is 4.79 Å². The molecule has 0 saturated carbocycles. The molecule has 1 aromatic heterocycles. The van der Waals surface area contributed by atoms with Crippen molar-refractivity contribution in [2.75, 3.05) is 19.6 Å². The average molecular weight is 366 g/mol. The molecular formula is C21H26N4O2.